The summed E-state index contributed by atoms with van der Waals surface area (Å²) < 4.78 is 5.24. The van der Waals surface area contributed by atoms with Crippen molar-refractivity contribution >= 4 is 17.8 Å². The van der Waals surface area contributed by atoms with Gasteiger partial charge >= 0.3 is 5.97 Å². The Bertz CT molecular complexity index is 439. The molecule has 3 unspecified atom stereocenters. The number of hydrogen-bond acceptors (Lipinski definition) is 4. The second-order valence-corrected chi connectivity index (χ2v) is 5.51. The van der Waals surface area contributed by atoms with Crippen LogP contribution in [-0.4, -0.2) is 71.6 Å². The highest BCUT2D eigenvalue weighted by Crippen LogP contribution is 2.25. The second-order valence-electron chi connectivity index (χ2n) is 5.51. The number of carbonyl (C=O) groups excluding carboxylic acids is 2. The lowest BCUT2D eigenvalue weighted by molar-refractivity contribution is -0.146. The van der Waals surface area contributed by atoms with E-state index in [1.165, 1.54) is 0 Å². The van der Waals surface area contributed by atoms with Crippen molar-refractivity contribution < 1.29 is 24.2 Å². The van der Waals surface area contributed by atoms with Crippen LogP contribution in [0.5, 0.6) is 0 Å². The normalized spacial score (nSPS) is 29.0. The first-order chi connectivity index (χ1) is 9.99. The molecule has 0 bridgehead atoms. The summed E-state index contributed by atoms with van der Waals surface area (Å²) in [6.07, 6.45) is 0.217. The van der Waals surface area contributed by atoms with Crippen LogP contribution < -0.4 is 0 Å². The van der Waals surface area contributed by atoms with Gasteiger partial charge in [-0.2, -0.15) is 0 Å². The van der Waals surface area contributed by atoms with Crippen molar-refractivity contribution in [2.75, 3.05) is 32.8 Å². The van der Waals surface area contributed by atoms with Crippen molar-refractivity contribution in [2.24, 2.45) is 11.8 Å². The number of rotatable bonds is 5. The van der Waals surface area contributed by atoms with E-state index in [-0.39, 0.29) is 37.4 Å². The standard InChI is InChI=1S/C14H22N2O5/c1-3-15-6-9(5-12(15)17)13(18)16(4-2)11-8-21-7-10(11)14(19)20/h9-11H,3-8H2,1-2H3,(H,19,20). The lowest BCUT2D eigenvalue weighted by Crippen LogP contribution is -2.49. The number of amides is 2. The summed E-state index contributed by atoms with van der Waals surface area (Å²) in [7, 11) is 0. The Morgan fingerprint density at radius 3 is 2.62 bits per heavy atom. The molecule has 0 radical (unpaired) electrons. The number of carbonyl (C=O) groups is 3. The molecule has 0 aromatic carbocycles. The van der Waals surface area contributed by atoms with Crippen LogP contribution in [0.1, 0.15) is 20.3 Å². The van der Waals surface area contributed by atoms with Crippen LogP contribution in [0.4, 0.5) is 0 Å². The third-order valence-electron chi connectivity index (χ3n) is 4.34. The molecule has 2 saturated heterocycles. The molecule has 2 rings (SSSR count). The van der Waals surface area contributed by atoms with E-state index in [0.29, 0.717) is 19.6 Å². The molecular weight excluding hydrogens is 276 g/mol. The van der Waals surface area contributed by atoms with Crippen LogP contribution in [0, 0.1) is 11.8 Å². The fraction of sp³-hybridized carbons (Fsp3) is 0.786. The average Bonchev–Trinajstić information content (AvgIpc) is 3.06. The van der Waals surface area contributed by atoms with E-state index in [1.807, 2.05) is 13.8 Å². The van der Waals surface area contributed by atoms with Crippen LogP contribution in [0.25, 0.3) is 0 Å². The molecular formula is C14H22N2O5. The summed E-state index contributed by atoms with van der Waals surface area (Å²) in [4.78, 5) is 38.9. The summed E-state index contributed by atoms with van der Waals surface area (Å²) in [5.41, 5.74) is 0. The van der Waals surface area contributed by atoms with Crippen molar-refractivity contribution in [1.82, 2.24) is 9.80 Å². The Labute approximate surface area is 123 Å². The van der Waals surface area contributed by atoms with E-state index < -0.39 is 17.9 Å². The van der Waals surface area contributed by atoms with Gasteiger partial charge in [-0.1, -0.05) is 0 Å². The first-order valence-electron chi connectivity index (χ1n) is 7.38. The second kappa shape index (κ2) is 6.43. The molecule has 2 heterocycles. The number of likely N-dealkylation sites (N-methyl/N-ethyl adjacent to an activating group) is 1. The van der Waals surface area contributed by atoms with E-state index in [9.17, 15) is 19.5 Å². The van der Waals surface area contributed by atoms with E-state index in [0.717, 1.165) is 0 Å². The first-order valence-corrected chi connectivity index (χ1v) is 7.38. The van der Waals surface area contributed by atoms with Gasteiger partial charge in [-0.3, -0.25) is 14.4 Å². The van der Waals surface area contributed by atoms with Gasteiger partial charge in [0.2, 0.25) is 11.8 Å². The highest BCUT2D eigenvalue weighted by atomic mass is 16.5. The van der Waals surface area contributed by atoms with Gasteiger partial charge in [0.05, 0.1) is 25.2 Å². The van der Waals surface area contributed by atoms with Gasteiger partial charge in [0.25, 0.3) is 0 Å². The largest absolute Gasteiger partial charge is 0.481 e. The van der Waals surface area contributed by atoms with Gasteiger partial charge in [0, 0.05) is 26.1 Å². The maximum atomic E-state index is 12.6. The van der Waals surface area contributed by atoms with E-state index in [1.54, 1.807) is 9.80 Å². The predicted octanol–water partition coefficient (Wildman–Crippen LogP) is -0.197. The highest BCUT2D eigenvalue weighted by molar-refractivity contribution is 5.89. The summed E-state index contributed by atoms with van der Waals surface area (Å²) in [5.74, 6) is -2.14. The number of nitrogens with zero attached hydrogens (tertiary/aromatic N) is 2. The van der Waals surface area contributed by atoms with Crippen LogP contribution in [0.15, 0.2) is 0 Å². The Kier molecular flexibility index (Phi) is 4.82. The zero-order valence-corrected chi connectivity index (χ0v) is 12.4. The highest BCUT2D eigenvalue weighted by Gasteiger charge is 2.43. The zero-order valence-electron chi connectivity index (χ0n) is 12.4. The topological polar surface area (TPSA) is 87.2 Å². The summed E-state index contributed by atoms with van der Waals surface area (Å²) in [5, 5.41) is 9.22. The third kappa shape index (κ3) is 3.02. The lowest BCUT2D eigenvalue weighted by atomic mass is 9.99. The smallest absolute Gasteiger partial charge is 0.311 e. The number of aliphatic carboxylic acids is 1. The minimum atomic E-state index is -0.943. The molecule has 2 fully saturated rings. The molecule has 0 aromatic rings. The van der Waals surface area contributed by atoms with Crippen LogP contribution in [-0.2, 0) is 19.1 Å². The van der Waals surface area contributed by atoms with Gasteiger partial charge < -0.3 is 19.6 Å². The summed E-state index contributed by atoms with van der Waals surface area (Å²) in [6, 6.07) is -0.439. The minimum Gasteiger partial charge on any atom is -0.481 e. The van der Waals surface area contributed by atoms with Crippen molar-refractivity contribution in [2.45, 2.75) is 26.3 Å². The van der Waals surface area contributed by atoms with Gasteiger partial charge in [0.1, 0.15) is 5.92 Å². The minimum absolute atomic E-state index is 0.00985. The van der Waals surface area contributed by atoms with Crippen molar-refractivity contribution in [3.8, 4) is 0 Å². The van der Waals surface area contributed by atoms with Crippen LogP contribution in [0.3, 0.4) is 0 Å². The van der Waals surface area contributed by atoms with Crippen LogP contribution in [0.2, 0.25) is 0 Å². The third-order valence-corrected chi connectivity index (χ3v) is 4.34. The number of hydrogen-bond donors (Lipinski definition) is 1. The summed E-state index contributed by atoms with van der Waals surface area (Å²) >= 11 is 0. The van der Waals surface area contributed by atoms with Crippen molar-refractivity contribution in [3.63, 3.8) is 0 Å². The predicted molar refractivity (Wildman–Crippen MR) is 73.5 cm³/mol. The fourth-order valence-corrected chi connectivity index (χ4v) is 3.12. The van der Waals surface area contributed by atoms with E-state index >= 15 is 0 Å². The quantitative estimate of drug-likeness (QED) is 0.759. The van der Waals surface area contributed by atoms with Crippen molar-refractivity contribution in [3.05, 3.63) is 0 Å². The molecule has 1 N–H and O–H groups in total. The maximum Gasteiger partial charge on any atom is 0.311 e. The molecule has 7 heteroatoms. The first kappa shape index (κ1) is 15.8. The molecule has 2 aliphatic rings. The molecule has 21 heavy (non-hydrogen) atoms. The average molecular weight is 298 g/mol. The number of ether oxygens (including phenoxy) is 1. The molecule has 7 nitrogen and oxygen atoms in total. The van der Waals surface area contributed by atoms with E-state index in [4.69, 9.17) is 4.74 Å². The Balaban J connectivity index is 2.09. The molecule has 0 saturated carbocycles. The van der Waals surface area contributed by atoms with Gasteiger partial charge in [-0.25, -0.2) is 0 Å². The molecule has 0 aliphatic carbocycles. The van der Waals surface area contributed by atoms with E-state index in [2.05, 4.69) is 0 Å². The van der Waals surface area contributed by atoms with Gasteiger partial charge in [0.15, 0.2) is 0 Å². The van der Waals surface area contributed by atoms with Crippen LogP contribution >= 0.6 is 0 Å². The number of carboxylic acid groups (broad SMARTS) is 1. The molecule has 2 aliphatic heterocycles. The molecule has 118 valence electrons. The molecule has 3 atom stereocenters. The Morgan fingerprint density at radius 1 is 1.38 bits per heavy atom. The summed E-state index contributed by atoms with van der Waals surface area (Å²) in [6.45, 7) is 5.53. The Hall–Kier alpha value is -1.63. The number of likely N-dealkylation sites (tertiary alicyclic amines) is 1. The number of carboxylic acids is 1. The fourth-order valence-electron chi connectivity index (χ4n) is 3.12. The lowest BCUT2D eigenvalue weighted by Gasteiger charge is -2.31. The molecule has 2 amide bonds. The molecule has 0 aromatic heterocycles. The monoisotopic (exact) mass is 298 g/mol. The maximum absolute atomic E-state index is 12.6. The van der Waals surface area contributed by atoms with Gasteiger partial charge in [-0.05, 0) is 13.8 Å². The van der Waals surface area contributed by atoms with Gasteiger partial charge in [-0.15, -0.1) is 0 Å². The zero-order chi connectivity index (χ0) is 15.6. The SMILES string of the molecule is CCN1CC(C(=O)N(CC)C2COCC2C(=O)O)CC1=O. The molecule has 0 spiro atoms. The van der Waals surface area contributed by atoms with Crippen molar-refractivity contribution in [1.29, 1.82) is 0 Å². The Morgan fingerprint density at radius 2 is 2.10 bits per heavy atom.